The number of nitrogens with one attached hydrogen (secondary N) is 1. The van der Waals surface area contributed by atoms with E-state index in [9.17, 15) is 9.59 Å². The lowest BCUT2D eigenvalue weighted by molar-refractivity contribution is -0.134. The lowest BCUT2D eigenvalue weighted by Crippen LogP contribution is -2.38. The van der Waals surface area contributed by atoms with Crippen molar-refractivity contribution in [3.63, 3.8) is 0 Å². The number of carbonyl (C=O) groups excluding carboxylic acids is 2. The fourth-order valence-corrected chi connectivity index (χ4v) is 2.12. The van der Waals surface area contributed by atoms with E-state index in [1.807, 2.05) is 38.1 Å². The Kier molecular flexibility index (Phi) is 7.51. The molecule has 21 heavy (non-hydrogen) atoms. The van der Waals surface area contributed by atoms with Gasteiger partial charge in [-0.1, -0.05) is 38.5 Å². The Balaban J connectivity index is 2.60. The Morgan fingerprint density at radius 1 is 1.14 bits per heavy atom. The molecule has 4 heteroatoms. The third-order valence-electron chi connectivity index (χ3n) is 3.34. The van der Waals surface area contributed by atoms with Gasteiger partial charge in [-0.15, -0.1) is 0 Å². The number of para-hydroxylation sites is 1. The normalized spacial score (nSPS) is 10.2. The van der Waals surface area contributed by atoms with Gasteiger partial charge in [-0.25, -0.2) is 0 Å². The molecule has 0 unspecified atom stereocenters. The van der Waals surface area contributed by atoms with Crippen LogP contribution >= 0.6 is 0 Å². The van der Waals surface area contributed by atoms with E-state index in [1.54, 1.807) is 4.90 Å². The summed E-state index contributed by atoms with van der Waals surface area (Å²) in [7, 11) is 0. The molecule has 0 fully saturated rings. The highest BCUT2D eigenvalue weighted by Crippen LogP contribution is 2.13. The number of aryl methyl sites for hydroxylation is 1. The molecule has 1 rings (SSSR count). The molecular formula is C17H26N2O2. The zero-order chi connectivity index (χ0) is 15.7. The second-order valence-electron chi connectivity index (χ2n) is 5.28. The first-order chi connectivity index (χ1) is 10.1. The van der Waals surface area contributed by atoms with Gasteiger partial charge in [-0.2, -0.15) is 0 Å². The molecule has 0 aliphatic carbocycles. The zero-order valence-corrected chi connectivity index (χ0v) is 13.3. The van der Waals surface area contributed by atoms with E-state index in [-0.39, 0.29) is 18.4 Å². The number of hydrogen-bond donors (Lipinski definition) is 1. The summed E-state index contributed by atoms with van der Waals surface area (Å²) in [4.78, 5) is 25.9. The molecule has 0 saturated heterocycles. The summed E-state index contributed by atoms with van der Waals surface area (Å²) < 4.78 is 0. The van der Waals surface area contributed by atoms with Crippen molar-refractivity contribution < 1.29 is 9.59 Å². The molecular weight excluding hydrogens is 264 g/mol. The number of rotatable bonds is 8. The number of anilines is 1. The smallest absolute Gasteiger partial charge is 0.244 e. The topological polar surface area (TPSA) is 49.4 Å². The molecule has 0 bridgehead atoms. The van der Waals surface area contributed by atoms with Gasteiger partial charge in [0.15, 0.2) is 0 Å². The monoisotopic (exact) mass is 290 g/mol. The van der Waals surface area contributed by atoms with Crippen molar-refractivity contribution in [1.29, 1.82) is 0 Å². The Hall–Kier alpha value is -1.84. The van der Waals surface area contributed by atoms with Gasteiger partial charge in [0.1, 0.15) is 0 Å². The van der Waals surface area contributed by atoms with Crippen LogP contribution in [0, 0.1) is 6.92 Å². The minimum Gasteiger partial charge on any atom is -0.333 e. The number of unbranched alkanes of at least 4 members (excludes halogenated alkanes) is 1. The van der Waals surface area contributed by atoms with E-state index >= 15 is 0 Å². The quantitative estimate of drug-likeness (QED) is 0.798. The van der Waals surface area contributed by atoms with Crippen LogP contribution in [0.25, 0.3) is 0 Å². The van der Waals surface area contributed by atoms with E-state index in [1.165, 1.54) is 0 Å². The van der Waals surface area contributed by atoms with E-state index in [2.05, 4.69) is 12.2 Å². The standard InChI is InChI=1S/C17H26N2O2/c1-4-6-11-17(21)19(12-5-2)13-16(20)18-15-10-8-7-9-14(15)3/h7-10H,4-6,11-13H2,1-3H3,(H,18,20). The van der Waals surface area contributed by atoms with Gasteiger partial charge in [-0.05, 0) is 31.4 Å². The van der Waals surface area contributed by atoms with Crippen molar-refractivity contribution in [3.05, 3.63) is 29.8 Å². The number of amides is 2. The lowest BCUT2D eigenvalue weighted by atomic mass is 10.2. The van der Waals surface area contributed by atoms with Crippen molar-refractivity contribution in [2.45, 2.75) is 46.5 Å². The summed E-state index contributed by atoms with van der Waals surface area (Å²) in [5.74, 6) is -0.0683. The van der Waals surface area contributed by atoms with Gasteiger partial charge in [0.2, 0.25) is 11.8 Å². The van der Waals surface area contributed by atoms with E-state index in [4.69, 9.17) is 0 Å². The van der Waals surface area contributed by atoms with Gasteiger partial charge < -0.3 is 10.2 Å². The average molecular weight is 290 g/mol. The van der Waals surface area contributed by atoms with Crippen LogP contribution in [-0.2, 0) is 9.59 Å². The van der Waals surface area contributed by atoms with Crippen molar-refractivity contribution >= 4 is 17.5 Å². The van der Waals surface area contributed by atoms with Crippen LogP contribution in [0.1, 0.15) is 45.1 Å². The first kappa shape index (κ1) is 17.2. The summed E-state index contributed by atoms with van der Waals surface area (Å²) in [6.45, 7) is 6.78. The minimum atomic E-state index is -0.136. The number of benzene rings is 1. The second kappa shape index (κ2) is 9.16. The van der Waals surface area contributed by atoms with Crippen LogP contribution in [0.15, 0.2) is 24.3 Å². The molecule has 1 aromatic rings. The minimum absolute atomic E-state index is 0.0682. The van der Waals surface area contributed by atoms with Crippen LogP contribution in [0.4, 0.5) is 5.69 Å². The first-order valence-electron chi connectivity index (χ1n) is 7.71. The molecule has 4 nitrogen and oxygen atoms in total. The predicted molar refractivity (Wildman–Crippen MR) is 86.2 cm³/mol. The van der Waals surface area contributed by atoms with Crippen molar-refractivity contribution in [3.8, 4) is 0 Å². The van der Waals surface area contributed by atoms with Gasteiger partial charge in [0.25, 0.3) is 0 Å². The van der Waals surface area contributed by atoms with Crippen LogP contribution in [0.2, 0.25) is 0 Å². The van der Waals surface area contributed by atoms with Crippen LogP contribution < -0.4 is 5.32 Å². The summed E-state index contributed by atoms with van der Waals surface area (Å²) in [5.41, 5.74) is 1.82. The first-order valence-corrected chi connectivity index (χ1v) is 7.71. The molecule has 0 spiro atoms. The van der Waals surface area contributed by atoms with E-state index in [0.29, 0.717) is 13.0 Å². The fraction of sp³-hybridized carbons (Fsp3) is 0.529. The van der Waals surface area contributed by atoms with Gasteiger partial charge in [0.05, 0.1) is 6.54 Å². The highest BCUT2D eigenvalue weighted by molar-refractivity contribution is 5.95. The number of hydrogen-bond acceptors (Lipinski definition) is 2. The molecule has 0 radical (unpaired) electrons. The highest BCUT2D eigenvalue weighted by atomic mass is 16.2. The number of nitrogens with zero attached hydrogens (tertiary/aromatic N) is 1. The molecule has 0 aliphatic rings. The van der Waals surface area contributed by atoms with Gasteiger partial charge >= 0.3 is 0 Å². The summed E-state index contributed by atoms with van der Waals surface area (Å²) in [5, 5.41) is 2.88. The highest BCUT2D eigenvalue weighted by Gasteiger charge is 2.16. The third kappa shape index (κ3) is 5.98. The summed E-state index contributed by atoms with van der Waals surface area (Å²) in [6, 6.07) is 7.64. The van der Waals surface area contributed by atoms with Crippen LogP contribution in [0.3, 0.4) is 0 Å². The molecule has 0 aromatic heterocycles. The Morgan fingerprint density at radius 2 is 1.86 bits per heavy atom. The largest absolute Gasteiger partial charge is 0.333 e. The molecule has 116 valence electrons. The van der Waals surface area contributed by atoms with E-state index < -0.39 is 0 Å². The molecule has 0 aliphatic heterocycles. The molecule has 0 saturated carbocycles. The maximum atomic E-state index is 12.1. The van der Waals surface area contributed by atoms with Gasteiger partial charge in [0, 0.05) is 18.7 Å². The number of carbonyl (C=O) groups is 2. The summed E-state index contributed by atoms with van der Waals surface area (Å²) >= 11 is 0. The van der Waals surface area contributed by atoms with Crippen molar-refractivity contribution in [2.75, 3.05) is 18.4 Å². The van der Waals surface area contributed by atoms with Crippen molar-refractivity contribution in [2.24, 2.45) is 0 Å². The van der Waals surface area contributed by atoms with Crippen LogP contribution in [0.5, 0.6) is 0 Å². The zero-order valence-electron chi connectivity index (χ0n) is 13.3. The third-order valence-corrected chi connectivity index (χ3v) is 3.34. The molecule has 1 aromatic carbocycles. The lowest BCUT2D eigenvalue weighted by Gasteiger charge is -2.21. The molecule has 2 amide bonds. The molecule has 0 atom stereocenters. The maximum Gasteiger partial charge on any atom is 0.244 e. The Bertz CT molecular complexity index is 472. The Labute approximate surface area is 127 Å². The summed E-state index contributed by atoms with van der Waals surface area (Å²) in [6.07, 6.45) is 3.24. The Morgan fingerprint density at radius 3 is 2.48 bits per heavy atom. The fourth-order valence-electron chi connectivity index (χ4n) is 2.12. The average Bonchev–Trinajstić information content (AvgIpc) is 2.46. The van der Waals surface area contributed by atoms with Gasteiger partial charge in [-0.3, -0.25) is 9.59 Å². The maximum absolute atomic E-state index is 12.1. The SMILES string of the molecule is CCCCC(=O)N(CCC)CC(=O)Nc1ccccc1C. The van der Waals surface area contributed by atoms with Crippen molar-refractivity contribution in [1.82, 2.24) is 4.90 Å². The molecule has 1 N–H and O–H groups in total. The van der Waals surface area contributed by atoms with E-state index in [0.717, 1.165) is 30.5 Å². The second-order valence-corrected chi connectivity index (χ2v) is 5.28. The molecule has 0 heterocycles. The predicted octanol–water partition coefficient (Wildman–Crippen LogP) is 3.36. The van der Waals surface area contributed by atoms with Crippen LogP contribution in [-0.4, -0.2) is 29.8 Å².